The van der Waals surface area contributed by atoms with Crippen molar-refractivity contribution < 1.29 is 4.39 Å². The minimum atomic E-state index is -0.322. The van der Waals surface area contributed by atoms with Crippen LogP contribution in [0.3, 0.4) is 0 Å². The van der Waals surface area contributed by atoms with Crippen LogP contribution in [0, 0.1) is 5.82 Å². The van der Waals surface area contributed by atoms with Crippen LogP contribution in [0.4, 0.5) is 4.39 Å². The summed E-state index contributed by atoms with van der Waals surface area (Å²) in [4.78, 5) is 2.36. The Morgan fingerprint density at radius 1 is 1.19 bits per heavy atom. The van der Waals surface area contributed by atoms with Crippen molar-refractivity contribution in [1.82, 2.24) is 4.90 Å². The van der Waals surface area contributed by atoms with E-state index >= 15 is 0 Å². The molecule has 0 fully saturated rings. The van der Waals surface area contributed by atoms with Gasteiger partial charge in [-0.25, -0.2) is 4.39 Å². The Bertz CT molecular complexity index is 643. The van der Waals surface area contributed by atoms with Crippen molar-refractivity contribution in [3.63, 3.8) is 0 Å². The second-order valence-corrected chi connectivity index (χ2v) is 6.32. The van der Waals surface area contributed by atoms with Gasteiger partial charge in [0.2, 0.25) is 0 Å². The molecule has 0 unspecified atom stereocenters. The van der Waals surface area contributed by atoms with Crippen LogP contribution in [0.5, 0.6) is 0 Å². The quantitative estimate of drug-likeness (QED) is 0.814. The molecule has 2 aromatic rings. The molecule has 0 saturated carbocycles. The van der Waals surface area contributed by atoms with Gasteiger partial charge in [-0.2, -0.15) is 0 Å². The number of rotatable bonds is 5. The van der Waals surface area contributed by atoms with E-state index in [0.717, 1.165) is 16.6 Å². The van der Waals surface area contributed by atoms with E-state index in [9.17, 15) is 4.39 Å². The first-order valence-electron chi connectivity index (χ1n) is 6.47. The Hall–Kier alpha value is -1.30. The smallest absolute Gasteiger partial charge is 0.123 e. The molecule has 0 atom stereocenters. The molecule has 21 heavy (non-hydrogen) atoms. The summed E-state index contributed by atoms with van der Waals surface area (Å²) in [6.45, 7) is 1.45. The highest BCUT2D eigenvalue weighted by atomic mass is 79.9. The zero-order chi connectivity index (χ0) is 15.4. The fourth-order valence-corrected chi connectivity index (χ4v) is 2.62. The van der Waals surface area contributed by atoms with E-state index < -0.39 is 0 Å². The summed E-state index contributed by atoms with van der Waals surface area (Å²) in [6, 6.07) is 12.7. The maximum Gasteiger partial charge on any atom is 0.123 e. The fourth-order valence-electron chi connectivity index (χ4n) is 2.16. The third-order valence-corrected chi connectivity index (χ3v) is 3.89. The van der Waals surface area contributed by atoms with Crippen LogP contribution in [-0.2, 0) is 13.1 Å². The van der Waals surface area contributed by atoms with Crippen molar-refractivity contribution in [3.05, 3.63) is 69.4 Å². The van der Waals surface area contributed by atoms with E-state index in [-0.39, 0.29) is 10.8 Å². The largest absolute Gasteiger partial charge is 0.389 e. The van der Waals surface area contributed by atoms with Crippen LogP contribution in [0.1, 0.15) is 16.7 Å². The highest BCUT2D eigenvalue weighted by Crippen LogP contribution is 2.16. The standard InChI is InChI=1S/C16H16BrFN2S/c1-20(9-11-2-5-13(17)6-3-11)10-12-4-7-14(18)8-15(12)16(19)21/h2-8H,9-10H2,1H3,(H2,19,21). The Morgan fingerprint density at radius 2 is 1.86 bits per heavy atom. The van der Waals surface area contributed by atoms with Crippen LogP contribution in [0.2, 0.25) is 0 Å². The second-order valence-electron chi connectivity index (χ2n) is 4.96. The zero-order valence-corrected chi connectivity index (χ0v) is 14.0. The minimum Gasteiger partial charge on any atom is -0.389 e. The van der Waals surface area contributed by atoms with Crippen molar-refractivity contribution >= 4 is 33.1 Å². The first-order valence-corrected chi connectivity index (χ1v) is 7.67. The summed E-state index contributed by atoms with van der Waals surface area (Å²) in [7, 11) is 2.01. The minimum absolute atomic E-state index is 0.224. The predicted octanol–water partition coefficient (Wildman–Crippen LogP) is 3.85. The number of benzene rings is 2. The SMILES string of the molecule is CN(Cc1ccc(Br)cc1)Cc1ccc(F)cc1C(N)=S. The molecule has 110 valence electrons. The van der Waals surface area contributed by atoms with E-state index in [1.54, 1.807) is 6.07 Å². The average molecular weight is 367 g/mol. The van der Waals surface area contributed by atoms with E-state index in [1.807, 2.05) is 19.2 Å². The fraction of sp³-hybridized carbons (Fsp3) is 0.188. The molecular weight excluding hydrogens is 351 g/mol. The summed E-state index contributed by atoms with van der Waals surface area (Å²) in [5.74, 6) is -0.322. The Balaban J connectivity index is 2.10. The number of hydrogen-bond acceptors (Lipinski definition) is 2. The van der Waals surface area contributed by atoms with Gasteiger partial charge in [0.25, 0.3) is 0 Å². The van der Waals surface area contributed by atoms with Crippen LogP contribution in [0.25, 0.3) is 0 Å². The topological polar surface area (TPSA) is 29.3 Å². The molecule has 0 radical (unpaired) electrons. The van der Waals surface area contributed by atoms with Gasteiger partial charge in [-0.15, -0.1) is 0 Å². The van der Waals surface area contributed by atoms with Gasteiger partial charge < -0.3 is 5.73 Å². The van der Waals surface area contributed by atoms with Crippen LogP contribution < -0.4 is 5.73 Å². The van der Waals surface area contributed by atoms with E-state index in [4.69, 9.17) is 18.0 Å². The molecule has 0 heterocycles. The summed E-state index contributed by atoms with van der Waals surface area (Å²) in [5, 5.41) is 0. The molecule has 2 N–H and O–H groups in total. The van der Waals surface area contributed by atoms with Gasteiger partial charge in [0.1, 0.15) is 10.8 Å². The molecular formula is C16H16BrFN2S. The number of nitrogens with two attached hydrogens (primary N) is 1. The third kappa shape index (κ3) is 4.59. The molecule has 2 nitrogen and oxygen atoms in total. The van der Waals surface area contributed by atoms with E-state index in [0.29, 0.717) is 12.1 Å². The van der Waals surface area contributed by atoms with Crippen LogP contribution in [0.15, 0.2) is 46.9 Å². The lowest BCUT2D eigenvalue weighted by atomic mass is 10.1. The van der Waals surface area contributed by atoms with Crippen molar-refractivity contribution in [1.29, 1.82) is 0 Å². The Kier molecular flexibility index (Phi) is 5.45. The monoisotopic (exact) mass is 366 g/mol. The molecule has 0 aromatic heterocycles. The Labute approximate surface area is 137 Å². The molecule has 0 bridgehead atoms. The first-order chi connectivity index (χ1) is 9.95. The maximum absolute atomic E-state index is 13.3. The molecule has 0 amide bonds. The Morgan fingerprint density at radius 3 is 2.48 bits per heavy atom. The molecule has 0 aliphatic carbocycles. The van der Waals surface area contributed by atoms with Gasteiger partial charge in [0.05, 0.1) is 0 Å². The van der Waals surface area contributed by atoms with Gasteiger partial charge in [0.15, 0.2) is 0 Å². The molecule has 0 aliphatic heterocycles. The van der Waals surface area contributed by atoms with Crippen molar-refractivity contribution in [2.24, 2.45) is 5.73 Å². The molecule has 5 heteroatoms. The summed E-state index contributed by atoms with van der Waals surface area (Å²) in [6.07, 6.45) is 0. The number of nitrogens with zero attached hydrogens (tertiary/aromatic N) is 1. The highest BCUT2D eigenvalue weighted by Gasteiger charge is 2.09. The van der Waals surface area contributed by atoms with Gasteiger partial charge >= 0.3 is 0 Å². The van der Waals surface area contributed by atoms with E-state index in [2.05, 4.69) is 33.0 Å². The molecule has 0 saturated heterocycles. The average Bonchev–Trinajstić information content (AvgIpc) is 2.43. The highest BCUT2D eigenvalue weighted by molar-refractivity contribution is 9.10. The normalized spacial score (nSPS) is 10.9. The molecule has 2 aromatic carbocycles. The van der Waals surface area contributed by atoms with Gasteiger partial charge in [0, 0.05) is 23.1 Å². The lowest BCUT2D eigenvalue weighted by Gasteiger charge is -2.19. The number of hydrogen-bond donors (Lipinski definition) is 1. The van der Waals surface area contributed by atoms with Gasteiger partial charge in [-0.05, 0) is 42.4 Å². The first kappa shape index (κ1) is 16.1. The van der Waals surface area contributed by atoms with Crippen LogP contribution >= 0.6 is 28.1 Å². The van der Waals surface area contributed by atoms with Crippen molar-refractivity contribution in [2.45, 2.75) is 13.1 Å². The molecule has 0 spiro atoms. The van der Waals surface area contributed by atoms with Gasteiger partial charge in [-0.3, -0.25) is 4.90 Å². The number of thiocarbonyl (C=S) groups is 1. The van der Waals surface area contributed by atoms with Gasteiger partial charge in [-0.1, -0.05) is 46.3 Å². The number of halogens is 2. The molecule has 2 rings (SSSR count). The molecule has 0 aliphatic rings. The lowest BCUT2D eigenvalue weighted by molar-refractivity contribution is 0.319. The summed E-state index contributed by atoms with van der Waals surface area (Å²) in [5.41, 5.74) is 8.42. The summed E-state index contributed by atoms with van der Waals surface area (Å²) >= 11 is 8.41. The van der Waals surface area contributed by atoms with Crippen molar-refractivity contribution in [2.75, 3.05) is 7.05 Å². The van der Waals surface area contributed by atoms with Crippen molar-refractivity contribution in [3.8, 4) is 0 Å². The summed E-state index contributed by atoms with van der Waals surface area (Å²) < 4.78 is 14.4. The van der Waals surface area contributed by atoms with Crippen LogP contribution in [-0.4, -0.2) is 16.9 Å². The maximum atomic E-state index is 13.3. The second kappa shape index (κ2) is 7.11. The zero-order valence-electron chi connectivity index (χ0n) is 11.6. The lowest BCUT2D eigenvalue weighted by Crippen LogP contribution is -2.21. The predicted molar refractivity (Wildman–Crippen MR) is 91.6 cm³/mol. The third-order valence-electron chi connectivity index (χ3n) is 3.14. The van der Waals surface area contributed by atoms with E-state index in [1.165, 1.54) is 17.7 Å².